The average molecular weight is 332 g/mol. The molecular weight excluding hydrogens is 314 g/mol. The largest absolute Gasteiger partial charge is 0.338 e. The summed E-state index contributed by atoms with van der Waals surface area (Å²) in [7, 11) is 0. The van der Waals surface area contributed by atoms with E-state index in [0.29, 0.717) is 16.3 Å². The molecule has 0 aliphatic carbocycles. The summed E-state index contributed by atoms with van der Waals surface area (Å²) in [6.45, 7) is 4.11. The molecule has 0 bridgehead atoms. The predicted octanol–water partition coefficient (Wildman–Crippen LogP) is 3.53. The zero-order chi connectivity index (χ0) is 16.9. The van der Waals surface area contributed by atoms with Crippen LogP contribution in [0.2, 0.25) is 0 Å². The van der Waals surface area contributed by atoms with Crippen molar-refractivity contribution < 1.29 is 4.52 Å². The number of benzene rings is 1. The molecular formula is C19H18N5O+. The molecule has 124 valence electrons. The van der Waals surface area contributed by atoms with E-state index in [1.165, 1.54) is 12.0 Å². The quantitative estimate of drug-likeness (QED) is 0.807. The molecule has 0 amide bonds. The van der Waals surface area contributed by atoms with Gasteiger partial charge in [-0.2, -0.15) is 14.5 Å². The highest BCUT2D eigenvalue weighted by atomic mass is 16.5. The normalized spacial score (nSPS) is 23.6. The van der Waals surface area contributed by atoms with E-state index in [1.807, 2.05) is 24.4 Å². The first-order valence-electron chi connectivity index (χ1n) is 8.47. The van der Waals surface area contributed by atoms with Gasteiger partial charge in [0.15, 0.2) is 5.69 Å². The lowest BCUT2D eigenvalue weighted by Crippen LogP contribution is -2.42. The van der Waals surface area contributed by atoms with Gasteiger partial charge in [0, 0.05) is 36.4 Å². The number of hydrogen-bond acceptors (Lipinski definition) is 5. The van der Waals surface area contributed by atoms with Crippen LogP contribution in [0.4, 0.5) is 11.6 Å². The molecule has 5 rings (SSSR count). The van der Waals surface area contributed by atoms with Crippen LogP contribution in [0.3, 0.4) is 0 Å². The standard InChI is InChI=1S/C19H18N5O/c1-14-6-7-15(18-21-19(22-25-18)23-9-4-10-23)13-16(14)24-11-3-2-5-17(24)20-8-12-24/h2-3,5-8,11-13H,4,9-10H2,1H3/q+1. The fourth-order valence-electron chi connectivity index (χ4n) is 3.41. The van der Waals surface area contributed by atoms with Crippen molar-refractivity contribution >= 4 is 17.5 Å². The number of quaternary nitrogens is 1. The second kappa shape index (κ2) is 5.26. The van der Waals surface area contributed by atoms with Gasteiger partial charge in [-0.15, -0.1) is 0 Å². The molecule has 0 radical (unpaired) electrons. The molecule has 1 fully saturated rings. The van der Waals surface area contributed by atoms with E-state index < -0.39 is 0 Å². The summed E-state index contributed by atoms with van der Waals surface area (Å²) in [4.78, 5) is 11.2. The van der Waals surface area contributed by atoms with Gasteiger partial charge in [-0.1, -0.05) is 6.07 Å². The number of hydrogen-bond donors (Lipinski definition) is 0. The first-order chi connectivity index (χ1) is 12.3. The maximum Gasteiger partial charge on any atom is 0.266 e. The number of nitrogens with zero attached hydrogens (tertiary/aromatic N) is 5. The fraction of sp³-hybridized carbons (Fsp3) is 0.211. The molecule has 3 aliphatic heterocycles. The van der Waals surface area contributed by atoms with Crippen LogP contribution < -0.4 is 9.38 Å². The maximum atomic E-state index is 5.51. The molecule has 25 heavy (non-hydrogen) atoms. The Hall–Kier alpha value is -2.99. The van der Waals surface area contributed by atoms with E-state index in [-0.39, 0.29) is 0 Å². The van der Waals surface area contributed by atoms with Crippen molar-refractivity contribution in [3.05, 3.63) is 60.6 Å². The third-order valence-electron chi connectivity index (χ3n) is 4.97. The van der Waals surface area contributed by atoms with Crippen molar-refractivity contribution in [3.63, 3.8) is 0 Å². The van der Waals surface area contributed by atoms with E-state index in [0.717, 1.165) is 30.2 Å². The van der Waals surface area contributed by atoms with Gasteiger partial charge in [-0.05, 0) is 36.7 Å². The number of allylic oxidation sites excluding steroid dienone is 2. The maximum absolute atomic E-state index is 5.51. The lowest BCUT2D eigenvalue weighted by molar-refractivity contribution is 0.425. The molecule has 0 spiro atoms. The van der Waals surface area contributed by atoms with Crippen LogP contribution in [-0.2, 0) is 0 Å². The van der Waals surface area contributed by atoms with Crippen LogP contribution in [0.15, 0.2) is 64.5 Å². The molecule has 0 N–H and O–H groups in total. The van der Waals surface area contributed by atoms with Gasteiger partial charge in [0.05, 0.1) is 6.20 Å². The average Bonchev–Trinajstić information content (AvgIpc) is 3.21. The summed E-state index contributed by atoms with van der Waals surface area (Å²) >= 11 is 0. The van der Waals surface area contributed by atoms with Gasteiger partial charge in [0.1, 0.15) is 12.4 Å². The minimum absolute atomic E-state index is 0.489. The summed E-state index contributed by atoms with van der Waals surface area (Å²) in [5.74, 6) is 2.22. The van der Waals surface area contributed by atoms with Crippen molar-refractivity contribution in [1.29, 1.82) is 0 Å². The van der Waals surface area contributed by atoms with E-state index in [4.69, 9.17) is 4.52 Å². The molecule has 3 aliphatic rings. The number of rotatable bonds is 3. The first-order valence-corrected chi connectivity index (χ1v) is 8.47. The number of amidine groups is 1. The Morgan fingerprint density at radius 1 is 1.16 bits per heavy atom. The Labute approximate surface area is 145 Å². The summed E-state index contributed by atoms with van der Waals surface area (Å²) in [5, 5.41) is 4.12. The Balaban J connectivity index is 1.58. The number of aryl methyl sites for hydroxylation is 1. The van der Waals surface area contributed by atoms with Crippen LogP contribution in [0.1, 0.15) is 12.0 Å². The molecule has 1 atom stereocenters. The molecule has 6 heteroatoms. The summed E-state index contributed by atoms with van der Waals surface area (Å²) < 4.78 is 6.00. The monoisotopic (exact) mass is 332 g/mol. The Morgan fingerprint density at radius 2 is 2.08 bits per heavy atom. The van der Waals surface area contributed by atoms with E-state index >= 15 is 0 Å². The van der Waals surface area contributed by atoms with E-state index in [1.54, 1.807) is 0 Å². The van der Waals surface area contributed by atoms with E-state index in [9.17, 15) is 0 Å². The van der Waals surface area contributed by atoms with Crippen molar-refractivity contribution in [2.45, 2.75) is 13.3 Å². The van der Waals surface area contributed by atoms with Crippen LogP contribution >= 0.6 is 0 Å². The second-order valence-corrected chi connectivity index (χ2v) is 6.50. The van der Waals surface area contributed by atoms with Crippen molar-refractivity contribution in [2.75, 3.05) is 18.0 Å². The lowest BCUT2D eigenvalue weighted by Gasteiger charge is -2.29. The molecule has 6 nitrogen and oxygen atoms in total. The lowest BCUT2D eigenvalue weighted by atomic mass is 10.1. The minimum atomic E-state index is 0.489. The Bertz CT molecular complexity index is 964. The van der Waals surface area contributed by atoms with Crippen LogP contribution in [0, 0.1) is 6.92 Å². The Kier molecular flexibility index (Phi) is 3.02. The minimum Gasteiger partial charge on any atom is -0.338 e. The van der Waals surface area contributed by atoms with Crippen molar-refractivity contribution in [2.24, 2.45) is 4.99 Å². The van der Waals surface area contributed by atoms with Crippen molar-refractivity contribution in [3.8, 4) is 11.5 Å². The molecule has 1 aromatic carbocycles. The van der Waals surface area contributed by atoms with Crippen LogP contribution in [0.5, 0.6) is 0 Å². The third kappa shape index (κ3) is 2.11. The van der Waals surface area contributed by atoms with Gasteiger partial charge in [0.2, 0.25) is 5.84 Å². The van der Waals surface area contributed by atoms with E-state index in [2.05, 4.69) is 57.6 Å². The second-order valence-electron chi connectivity index (χ2n) is 6.50. The summed E-state index contributed by atoms with van der Waals surface area (Å²) in [6, 6.07) is 6.25. The summed E-state index contributed by atoms with van der Waals surface area (Å²) in [5.41, 5.74) is 3.25. The van der Waals surface area contributed by atoms with Gasteiger partial charge < -0.3 is 9.42 Å². The van der Waals surface area contributed by atoms with Gasteiger partial charge >= 0.3 is 0 Å². The first kappa shape index (κ1) is 14.4. The molecule has 0 saturated carbocycles. The highest BCUT2D eigenvalue weighted by Crippen LogP contribution is 2.37. The van der Waals surface area contributed by atoms with Crippen LogP contribution in [-0.4, -0.2) is 29.1 Å². The zero-order valence-electron chi connectivity index (χ0n) is 14.0. The number of aromatic nitrogens is 2. The van der Waals surface area contributed by atoms with Gasteiger partial charge in [0.25, 0.3) is 11.8 Å². The number of aliphatic imine (C=N–C) groups is 1. The van der Waals surface area contributed by atoms with Crippen molar-refractivity contribution in [1.82, 2.24) is 14.6 Å². The molecule has 1 aromatic heterocycles. The summed E-state index contributed by atoms with van der Waals surface area (Å²) in [6.07, 6.45) is 13.4. The third-order valence-corrected chi connectivity index (χ3v) is 4.97. The molecule has 4 heterocycles. The SMILES string of the molecule is Cc1ccc(-c2nc(N3CCC3)no2)cc1[N+]12C=CC=CC1=NC=C2. The number of anilines is 1. The zero-order valence-corrected chi connectivity index (χ0v) is 14.0. The smallest absolute Gasteiger partial charge is 0.266 e. The Morgan fingerprint density at radius 3 is 2.92 bits per heavy atom. The number of fused-ring (bicyclic) bond motifs is 1. The highest BCUT2D eigenvalue weighted by molar-refractivity contribution is 6.07. The highest BCUT2D eigenvalue weighted by Gasteiger charge is 2.37. The van der Waals surface area contributed by atoms with Crippen LogP contribution in [0.25, 0.3) is 11.5 Å². The molecule has 1 saturated heterocycles. The van der Waals surface area contributed by atoms with Gasteiger partial charge in [-0.25, -0.2) is 0 Å². The predicted molar refractivity (Wildman–Crippen MR) is 98.0 cm³/mol. The molecule has 2 aromatic rings. The molecule has 1 unspecified atom stereocenters. The topological polar surface area (TPSA) is 54.5 Å². The fourth-order valence-corrected chi connectivity index (χ4v) is 3.41. The van der Waals surface area contributed by atoms with Gasteiger partial charge in [-0.3, -0.25) is 0 Å².